The van der Waals surface area contributed by atoms with E-state index < -0.39 is 0 Å². The van der Waals surface area contributed by atoms with Crippen LogP contribution in [0.15, 0.2) is 41.2 Å². The largest absolute Gasteiger partial charge is 0.332 e. The highest BCUT2D eigenvalue weighted by molar-refractivity contribution is 6.30. The van der Waals surface area contributed by atoms with E-state index in [4.69, 9.17) is 16.1 Å². The van der Waals surface area contributed by atoms with Crippen molar-refractivity contribution in [3.63, 3.8) is 0 Å². The van der Waals surface area contributed by atoms with Crippen LogP contribution >= 0.6 is 11.6 Å². The molecule has 2 aromatic heterocycles. The van der Waals surface area contributed by atoms with E-state index in [1.54, 1.807) is 13.0 Å². The molecule has 0 saturated heterocycles. The Bertz CT molecular complexity index is 726. The number of hydrogen-bond acceptors (Lipinski definition) is 5. The van der Waals surface area contributed by atoms with Crippen LogP contribution in [0.3, 0.4) is 0 Å². The van der Waals surface area contributed by atoms with Crippen molar-refractivity contribution in [1.29, 1.82) is 0 Å². The van der Waals surface area contributed by atoms with Gasteiger partial charge in [0.2, 0.25) is 0 Å². The normalized spacial score (nSPS) is 10.6. The molecule has 0 aliphatic heterocycles. The molecule has 0 N–H and O–H groups in total. The first kappa shape index (κ1) is 11.8. The minimum atomic E-state index is 0.378. The van der Waals surface area contributed by atoms with Gasteiger partial charge in [0.15, 0.2) is 5.82 Å². The van der Waals surface area contributed by atoms with Crippen LogP contribution in [0.4, 0.5) is 0 Å². The van der Waals surface area contributed by atoms with Crippen molar-refractivity contribution in [3.05, 3.63) is 47.5 Å². The van der Waals surface area contributed by atoms with E-state index in [9.17, 15) is 0 Å². The minimum absolute atomic E-state index is 0.378. The molecule has 0 fully saturated rings. The van der Waals surface area contributed by atoms with Crippen molar-refractivity contribution in [1.82, 2.24) is 20.1 Å². The maximum absolute atomic E-state index is 5.97. The number of rotatable bonds is 2. The summed E-state index contributed by atoms with van der Waals surface area (Å²) >= 11 is 5.97. The standard InChI is InChI=1S/C13H9ClN4O/c1-8-17-13(19-18-8)12-6-11(15-7-16-12)9-3-2-4-10(14)5-9/h2-7H,1H3. The van der Waals surface area contributed by atoms with Gasteiger partial charge < -0.3 is 4.52 Å². The predicted octanol–water partition coefficient (Wildman–Crippen LogP) is 3.16. The lowest BCUT2D eigenvalue weighted by Gasteiger charge is -2.01. The van der Waals surface area contributed by atoms with E-state index in [1.807, 2.05) is 24.3 Å². The van der Waals surface area contributed by atoms with Crippen molar-refractivity contribution in [2.24, 2.45) is 0 Å². The number of nitrogens with zero attached hydrogens (tertiary/aromatic N) is 4. The Morgan fingerprint density at radius 3 is 2.68 bits per heavy atom. The lowest BCUT2D eigenvalue weighted by Crippen LogP contribution is -1.89. The van der Waals surface area contributed by atoms with Gasteiger partial charge in [-0.3, -0.25) is 0 Å². The van der Waals surface area contributed by atoms with Crippen molar-refractivity contribution < 1.29 is 4.52 Å². The molecule has 94 valence electrons. The molecule has 0 amide bonds. The summed E-state index contributed by atoms with van der Waals surface area (Å²) in [6.45, 7) is 1.76. The highest BCUT2D eigenvalue weighted by atomic mass is 35.5. The Hall–Kier alpha value is -2.27. The first-order chi connectivity index (χ1) is 9.22. The van der Waals surface area contributed by atoms with Crippen LogP contribution in [0, 0.1) is 6.92 Å². The van der Waals surface area contributed by atoms with E-state index in [0.29, 0.717) is 22.4 Å². The number of hydrogen-bond donors (Lipinski definition) is 0. The average molecular weight is 273 g/mol. The second-order valence-electron chi connectivity index (χ2n) is 3.95. The van der Waals surface area contributed by atoms with Gasteiger partial charge in [-0.15, -0.1) is 0 Å². The van der Waals surface area contributed by atoms with E-state index in [1.165, 1.54) is 6.33 Å². The van der Waals surface area contributed by atoms with Gasteiger partial charge in [0.05, 0.1) is 5.69 Å². The number of benzene rings is 1. The molecule has 0 saturated carbocycles. The van der Waals surface area contributed by atoms with Crippen LogP contribution < -0.4 is 0 Å². The SMILES string of the molecule is Cc1noc(-c2cc(-c3cccc(Cl)c3)ncn2)n1. The summed E-state index contributed by atoms with van der Waals surface area (Å²) in [6, 6.07) is 9.24. The van der Waals surface area contributed by atoms with Gasteiger partial charge in [0.25, 0.3) is 5.89 Å². The molecular weight excluding hydrogens is 264 g/mol. The molecule has 0 unspecified atom stereocenters. The second kappa shape index (κ2) is 4.78. The summed E-state index contributed by atoms with van der Waals surface area (Å²) in [5, 5.41) is 4.40. The number of aromatic nitrogens is 4. The third kappa shape index (κ3) is 2.46. The van der Waals surface area contributed by atoms with Gasteiger partial charge in [-0.2, -0.15) is 4.98 Å². The van der Waals surface area contributed by atoms with Crippen LogP contribution in [0.2, 0.25) is 5.02 Å². The van der Waals surface area contributed by atoms with Gasteiger partial charge in [-0.25, -0.2) is 9.97 Å². The minimum Gasteiger partial charge on any atom is -0.332 e. The quantitative estimate of drug-likeness (QED) is 0.717. The second-order valence-corrected chi connectivity index (χ2v) is 4.38. The summed E-state index contributed by atoms with van der Waals surface area (Å²) in [5.41, 5.74) is 2.25. The van der Waals surface area contributed by atoms with E-state index in [0.717, 1.165) is 11.3 Å². The van der Waals surface area contributed by atoms with Gasteiger partial charge in [-0.1, -0.05) is 28.9 Å². The van der Waals surface area contributed by atoms with Crippen molar-refractivity contribution in [2.45, 2.75) is 6.92 Å². The topological polar surface area (TPSA) is 64.7 Å². The highest BCUT2D eigenvalue weighted by Gasteiger charge is 2.10. The molecule has 6 heteroatoms. The first-order valence-electron chi connectivity index (χ1n) is 5.61. The summed E-state index contributed by atoms with van der Waals surface area (Å²) in [4.78, 5) is 12.5. The molecule has 1 aromatic carbocycles. The molecule has 0 spiro atoms. The number of aryl methyl sites for hydroxylation is 1. The molecule has 0 radical (unpaired) electrons. The molecule has 3 rings (SSSR count). The van der Waals surface area contributed by atoms with Gasteiger partial charge >= 0.3 is 0 Å². The van der Waals surface area contributed by atoms with Gasteiger partial charge in [-0.05, 0) is 25.1 Å². The Labute approximate surface area is 114 Å². The van der Waals surface area contributed by atoms with E-state index in [-0.39, 0.29) is 0 Å². The predicted molar refractivity (Wildman–Crippen MR) is 70.5 cm³/mol. The Balaban J connectivity index is 2.05. The average Bonchev–Trinajstić information content (AvgIpc) is 2.86. The lowest BCUT2D eigenvalue weighted by molar-refractivity contribution is 0.424. The van der Waals surface area contributed by atoms with Crippen LogP contribution in [-0.2, 0) is 0 Å². The molecule has 0 atom stereocenters. The number of halogens is 1. The smallest absolute Gasteiger partial charge is 0.276 e. The van der Waals surface area contributed by atoms with Crippen LogP contribution in [0.25, 0.3) is 22.8 Å². The third-order valence-electron chi connectivity index (χ3n) is 2.53. The fourth-order valence-corrected chi connectivity index (χ4v) is 1.87. The van der Waals surface area contributed by atoms with E-state index >= 15 is 0 Å². The summed E-state index contributed by atoms with van der Waals surface area (Å²) in [5.74, 6) is 0.945. The summed E-state index contributed by atoms with van der Waals surface area (Å²) < 4.78 is 5.09. The molecule has 19 heavy (non-hydrogen) atoms. The molecular formula is C13H9ClN4O. The highest BCUT2D eigenvalue weighted by Crippen LogP contribution is 2.23. The molecule has 3 aromatic rings. The summed E-state index contributed by atoms with van der Waals surface area (Å²) in [7, 11) is 0. The molecule has 0 bridgehead atoms. The van der Waals surface area contributed by atoms with Crippen LogP contribution in [0.5, 0.6) is 0 Å². The van der Waals surface area contributed by atoms with Crippen molar-refractivity contribution in [3.8, 4) is 22.8 Å². The maximum atomic E-state index is 5.97. The Morgan fingerprint density at radius 1 is 1.11 bits per heavy atom. The van der Waals surface area contributed by atoms with Gasteiger partial charge in [0, 0.05) is 10.6 Å². The molecule has 5 nitrogen and oxygen atoms in total. The lowest BCUT2D eigenvalue weighted by atomic mass is 10.1. The fraction of sp³-hybridized carbons (Fsp3) is 0.0769. The van der Waals surface area contributed by atoms with E-state index in [2.05, 4.69) is 20.1 Å². The Morgan fingerprint density at radius 2 is 1.95 bits per heavy atom. The van der Waals surface area contributed by atoms with Gasteiger partial charge in [0.1, 0.15) is 12.0 Å². The van der Waals surface area contributed by atoms with Crippen LogP contribution in [0.1, 0.15) is 5.82 Å². The Kier molecular flexibility index (Phi) is 2.97. The monoisotopic (exact) mass is 272 g/mol. The third-order valence-corrected chi connectivity index (χ3v) is 2.77. The molecule has 0 aliphatic rings. The zero-order valence-corrected chi connectivity index (χ0v) is 10.8. The first-order valence-corrected chi connectivity index (χ1v) is 5.99. The summed E-state index contributed by atoms with van der Waals surface area (Å²) in [6.07, 6.45) is 1.46. The molecule has 2 heterocycles. The maximum Gasteiger partial charge on any atom is 0.276 e. The zero-order valence-electron chi connectivity index (χ0n) is 10.0. The van der Waals surface area contributed by atoms with Crippen molar-refractivity contribution in [2.75, 3.05) is 0 Å². The molecule has 0 aliphatic carbocycles. The fourth-order valence-electron chi connectivity index (χ4n) is 1.68. The zero-order chi connectivity index (χ0) is 13.2. The van der Waals surface area contributed by atoms with Crippen LogP contribution in [-0.4, -0.2) is 20.1 Å². The van der Waals surface area contributed by atoms with Crippen molar-refractivity contribution >= 4 is 11.6 Å².